The highest BCUT2D eigenvalue weighted by atomic mass is 35.5. The van der Waals surface area contributed by atoms with E-state index in [-0.39, 0.29) is 18.5 Å². The van der Waals surface area contributed by atoms with E-state index >= 15 is 0 Å². The number of halogens is 1. The highest BCUT2D eigenvalue weighted by Gasteiger charge is 2.27. The minimum atomic E-state index is 0. The number of nitrogens with one attached hydrogen (secondary N) is 1. The number of pyridine rings is 1. The molecule has 2 aliphatic rings. The molecule has 198 valence electrons. The summed E-state index contributed by atoms with van der Waals surface area (Å²) in [5.74, 6) is 3.75. The van der Waals surface area contributed by atoms with Crippen LogP contribution >= 0.6 is 24.1 Å². The lowest BCUT2D eigenvalue weighted by molar-refractivity contribution is 0.0571. The molecule has 0 radical (unpaired) electrons. The van der Waals surface area contributed by atoms with Crippen LogP contribution < -0.4 is 24.4 Å². The first-order valence-corrected chi connectivity index (χ1v) is 13.1. The topological polar surface area (TPSA) is 84.9 Å². The van der Waals surface area contributed by atoms with Gasteiger partial charge in [-0.3, -0.25) is 4.90 Å². The Morgan fingerprint density at radius 3 is 2.55 bits per heavy atom. The third kappa shape index (κ3) is 6.09. The number of fused-ring (bicyclic) bond motifs is 1. The second-order valence-electron chi connectivity index (χ2n) is 8.98. The number of para-hydroxylation sites is 2. The van der Waals surface area contributed by atoms with Crippen LogP contribution in [0.1, 0.15) is 5.56 Å². The van der Waals surface area contributed by atoms with Crippen LogP contribution in [0.5, 0.6) is 17.4 Å². The molecule has 0 amide bonds. The maximum Gasteiger partial charge on any atom is 0.238 e. The van der Waals surface area contributed by atoms with Gasteiger partial charge in [-0.05, 0) is 29.8 Å². The van der Waals surface area contributed by atoms with Gasteiger partial charge in [-0.1, -0.05) is 42.5 Å². The van der Waals surface area contributed by atoms with Gasteiger partial charge in [-0.25, -0.2) is 4.98 Å². The number of ether oxygens (including phenoxy) is 3. The fraction of sp³-hybridized carbons (Fsp3) is 0.296. The molecule has 38 heavy (non-hydrogen) atoms. The number of anilines is 3. The Balaban J connectivity index is 0.00000294. The van der Waals surface area contributed by atoms with E-state index < -0.39 is 0 Å². The van der Waals surface area contributed by atoms with Crippen molar-refractivity contribution in [2.75, 3.05) is 49.5 Å². The molecule has 1 unspecified atom stereocenters. The number of piperazine rings is 1. The zero-order chi connectivity index (χ0) is 24.9. The fourth-order valence-corrected chi connectivity index (χ4v) is 5.04. The van der Waals surface area contributed by atoms with Crippen molar-refractivity contribution in [2.45, 2.75) is 12.7 Å². The summed E-state index contributed by atoms with van der Waals surface area (Å²) in [7, 11) is 0. The van der Waals surface area contributed by atoms with Gasteiger partial charge >= 0.3 is 0 Å². The predicted molar refractivity (Wildman–Crippen MR) is 150 cm³/mol. The Labute approximate surface area is 232 Å². The Hall–Kier alpha value is -3.60. The maximum atomic E-state index is 6.15. The van der Waals surface area contributed by atoms with Crippen molar-refractivity contribution in [1.82, 2.24) is 18.6 Å². The molecular weight excluding hydrogens is 524 g/mol. The van der Waals surface area contributed by atoms with Crippen molar-refractivity contribution in [3.8, 4) is 17.4 Å². The smallest absolute Gasteiger partial charge is 0.238 e. The van der Waals surface area contributed by atoms with Crippen LogP contribution in [0.15, 0.2) is 72.9 Å². The number of hydrogen-bond donors (Lipinski definition) is 1. The second-order valence-corrected chi connectivity index (χ2v) is 9.51. The Morgan fingerprint density at radius 1 is 0.921 bits per heavy atom. The van der Waals surface area contributed by atoms with Gasteiger partial charge in [-0.15, -0.1) is 12.4 Å². The Bertz CT molecular complexity index is 1320. The number of benzene rings is 2. The lowest BCUT2D eigenvalue weighted by Gasteiger charge is -2.37. The van der Waals surface area contributed by atoms with Crippen LogP contribution in [-0.4, -0.2) is 64.1 Å². The molecule has 4 heterocycles. The number of rotatable bonds is 8. The van der Waals surface area contributed by atoms with Gasteiger partial charge in [0.15, 0.2) is 23.1 Å². The third-order valence-corrected chi connectivity index (χ3v) is 6.93. The second kappa shape index (κ2) is 12.3. The molecule has 0 saturated carbocycles. The normalized spacial score (nSPS) is 16.9. The van der Waals surface area contributed by atoms with Gasteiger partial charge in [0.25, 0.3) is 0 Å². The molecule has 1 fully saturated rings. The van der Waals surface area contributed by atoms with Gasteiger partial charge in [-0.2, -0.15) is 8.75 Å². The quantitative estimate of drug-likeness (QED) is 0.336. The maximum absolute atomic E-state index is 6.15. The van der Waals surface area contributed by atoms with Gasteiger partial charge in [0.1, 0.15) is 25.0 Å². The summed E-state index contributed by atoms with van der Waals surface area (Å²) in [4.78, 5) is 9.12. The lowest BCUT2D eigenvalue weighted by atomic mass is 10.2. The molecule has 0 bridgehead atoms. The minimum Gasteiger partial charge on any atom is -0.486 e. The average molecular weight is 553 g/mol. The summed E-state index contributed by atoms with van der Waals surface area (Å²) in [5, 5.41) is 3.40. The highest BCUT2D eigenvalue weighted by molar-refractivity contribution is 6.99. The van der Waals surface area contributed by atoms with Crippen LogP contribution in [0.2, 0.25) is 0 Å². The van der Waals surface area contributed by atoms with Gasteiger partial charge in [0, 0.05) is 38.9 Å². The molecule has 2 aromatic carbocycles. The van der Waals surface area contributed by atoms with Crippen molar-refractivity contribution >= 4 is 41.5 Å². The molecule has 4 aromatic rings. The first-order chi connectivity index (χ1) is 18.3. The monoisotopic (exact) mass is 552 g/mol. The van der Waals surface area contributed by atoms with E-state index in [4.69, 9.17) is 14.2 Å². The van der Waals surface area contributed by atoms with E-state index in [1.54, 1.807) is 6.20 Å². The summed E-state index contributed by atoms with van der Waals surface area (Å²) in [6.45, 7) is 5.39. The summed E-state index contributed by atoms with van der Waals surface area (Å²) in [5.41, 5.74) is 1.85. The lowest BCUT2D eigenvalue weighted by Crippen LogP contribution is -2.50. The van der Waals surface area contributed by atoms with E-state index in [1.807, 2.05) is 66.7 Å². The molecule has 0 spiro atoms. The van der Waals surface area contributed by atoms with Crippen molar-refractivity contribution < 1.29 is 14.2 Å². The zero-order valence-corrected chi connectivity index (χ0v) is 22.4. The fourth-order valence-electron chi connectivity index (χ4n) is 4.51. The molecule has 2 aromatic heterocycles. The van der Waals surface area contributed by atoms with E-state index in [2.05, 4.69) is 28.8 Å². The van der Waals surface area contributed by atoms with Crippen LogP contribution in [0.3, 0.4) is 0 Å². The van der Waals surface area contributed by atoms with Crippen LogP contribution in [0, 0.1) is 0 Å². The summed E-state index contributed by atoms with van der Waals surface area (Å²) in [6, 6.07) is 21.7. The van der Waals surface area contributed by atoms with Crippen LogP contribution in [-0.2, 0) is 6.61 Å². The molecule has 1 saturated heterocycles. The van der Waals surface area contributed by atoms with E-state index in [9.17, 15) is 0 Å². The van der Waals surface area contributed by atoms with Crippen molar-refractivity contribution in [1.29, 1.82) is 0 Å². The van der Waals surface area contributed by atoms with Crippen molar-refractivity contribution in [2.24, 2.45) is 0 Å². The van der Waals surface area contributed by atoms with E-state index in [0.29, 0.717) is 19.1 Å². The van der Waals surface area contributed by atoms with E-state index in [0.717, 1.165) is 67.1 Å². The molecule has 9 nitrogen and oxygen atoms in total. The van der Waals surface area contributed by atoms with Crippen LogP contribution in [0.25, 0.3) is 0 Å². The average Bonchev–Trinajstić information content (AvgIpc) is 3.41. The molecule has 2 aliphatic heterocycles. The van der Waals surface area contributed by atoms with E-state index in [1.165, 1.54) is 11.7 Å². The molecule has 1 N–H and O–H groups in total. The van der Waals surface area contributed by atoms with Crippen molar-refractivity contribution in [3.63, 3.8) is 0 Å². The number of hydrogen-bond acceptors (Lipinski definition) is 10. The van der Waals surface area contributed by atoms with Gasteiger partial charge < -0.3 is 24.4 Å². The largest absolute Gasteiger partial charge is 0.486 e. The number of aromatic nitrogens is 3. The first kappa shape index (κ1) is 26.0. The standard InChI is InChI=1S/C27H28N6O3S.ClH/c1-2-7-20(8-3-1)18-35-27-22(9-6-12-28-27)29-25-26(31-37-30-25)33-15-13-32(14-16-33)17-21-19-34-23-10-4-5-11-24(23)36-21;/h1-12,21H,13-19H2,(H,29,30);1H. The van der Waals surface area contributed by atoms with Gasteiger partial charge in [0.2, 0.25) is 5.88 Å². The molecule has 1 atom stereocenters. The SMILES string of the molecule is Cl.c1ccc(COc2ncccc2Nc2nsnc2N2CCN(CC3COc4ccccc4O3)CC2)cc1. The zero-order valence-electron chi connectivity index (χ0n) is 20.7. The van der Waals surface area contributed by atoms with Crippen LogP contribution in [0.4, 0.5) is 17.3 Å². The molecule has 6 rings (SSSR count). The number of nitrogens with zero attached hydrogens (tertiary/aromatic N) is 5. The Morgan fingerprint density at radius 2 is 1.71 bits per heavy atom. The van der Waals surface area contributed by atoms with Crippen molar-refractivity contribution in [3.05, 3.63) is 78.5 Å². The molecular formula is C27H29ClN6O3S. The predicted octanol–water partition coefficient (Wildman–Crippen LogP) is 4.64. The molecule has 11 heteroatoms. The third-order valence-electron chi connectivity index (χ3n) is 6.41. The summed E-state index contributed by atoms with van der Waals surface area (Å²) in [6.07, 6.45) is 1.75. The first-order valence-electron chi connectivity index (χ1n) is 12.4. The molecule has 0 aliphatic carbocycles. The summed E-state index contributed by atoms with van der Waals surface area (Å²) < 4.78 is 27.2. The summed E-state index contributed by atoms with van der Waals surface area (Å²) >= 11 is 1.20. The van der Waals surface area contributed by atoms with Gasteiger partial charge in [0.05, 0.1) is 11.7 Å². The Kier molecular flexibility index (Phi) is 8.42. The highest BCUT2D eigenvalue weighted by Crippen LogP contribution is 2.33. The minimum absolute atomic E-state index is 0.